The quantitative estimate of drug-likeness (QED) is 0.621. The van der Waals surface area contributed by atoms with E-state index in [1.165, 1.54) is 47.0 Å². The molecule has 27 heavy (non-hydrogen) atoms. The van der Waals surface area contributed by atoms with Gasteiger partial charge in [0.15, 0.2) is 0 Å². The first-order valence-electron chi connectivity index (χ1n) is 7.34. The van der Waals surface area contributed by atoms with E-state index in [2.05, 4.69) is 0 Å². The summed E-state index contributed by atoms with van der Waals surface area (Å²) in [5.41, 5.74) is 0.00159. The Kier molecular flexibility index (Phi) is 5.02. The Morgan fingerprint density at radius 2 is 1.48 bits per heavy atom. The Bertz CT molecular complexity index is 1090. The fourth-order valence-corrected chi connectivity index (χ4v) is 3.59. The van der Waals surface area contributed by atoms with Crippen LogP contribution in [0.2, 0.25) is 10.0 Å². The van der Waals surface area contributed by atoms with Gasteiger partial charge >= 0.3 is 6.18 Å². The second-order valence-electron chi connectivity index (χ2n) is 5.68. The van der Waals surface area contributed by atoms with Gasteiger partial charge in [-0.3, -0.25) is 0 Å². The average molecular weight is 435 g/mol. The van der Waals surface area contributed by atoms with E-state index in [1.54, 1.807) is 0 Å². The number of hydrogen-bond donors (Lipinski definition) is 1. The van der Waals surface area contributed by atoms with Crippen molar-refractivity contribution >= 4 is 33.2 Å². The van der Waals surface area contributed by atoms with Crippen LogP contribution in [0.1, 0.15) is 5.56 Å². The molecule has 142 valence electrons. The average Bonchev–Trinajstić information content (AvgIpc) is 2.99. The van der Waals surface area contributed by atoms with Crippen LogP contribution in [-0.4, -0.2) is 13.0 Å². The molecule has 1 heterocycles. The second kappa shape index (κ2) is 6.87. The molecule has 3 rings (SSSR count). The van der Waals surface area contributed by atoms with Crippen molar-refractivity contribution < 1.29 is 21.6 Å². The molecule has 0 amide bonds. The van der Waals surface area contributed by atoms with Crippen molar-refractivity contribution in [2.24, 2.45) is 5.14 Å². The summed E-state index contributed by atoms with van der Waals surface area (Å²) in [5, 5.41) is 5.58. The van der Waals surface area contributed by atoms with Gasteiger partial charge in [0.25, 0.3) is 0 Å². The van der Waals surface area contributed by atoms with Gasteiger partial charge in [-0.1, -0.05) is 23.2 Å². The molecule has 1 aromatic heterocycles. The van der Waals surface area contributed by atoms with Crippen LogP contribution < -0.4 is 5.14 Å². The molecule has 0 saturated carbocycles. The third-order valence-electron chi connectivity index (χ3n) is 3.75. The minimum absolute atomic E-state index is 0.151. The number of hydrogen-bond acceptors (Lipinski definition) is 2. The van der Waals surface area contributed by atoms with Crippen molar-refractivity contribution in [2.75, 3.05) is 0 Å². The topological polar surface area (TPSA) is 65.1 Å². The molecule has 10 heteroatoms. The van der Waals surface area contributed by atoms with Gasteiger partial charge < -0.3 is 4.57 Å². The van der Waals surface area contributed by atoms with Crippen LogP contribution in [-0.2, 0) is 16.2 Å². The van der Waals surface area contributed by atoms with Crippen LogP contribution in [0.25, 0.3) is 16.9 Å². The maximum absolute atomic E-state index is 13.2. The lowest BCUT2D eigenvalue weighted by Crippen LogP contribution is -2.12. The third-order valence-corrected chi connectivity index (χ3v) is 5.11. The van der Waals surface area contributed by atoms with E-state index in [0.29, 0.717) is 11.3 Å². The fraction of sp³-hybridized carbons (Fsp3) is 0.0588. The lowest BCUT2D eigenvalue weighted by atomic mass is 10.1. The van der Waals surface area contributed by atoms with Crippen molar-refractivity contribution in [2.45, 2.75) is 11.1 Å². The number of benzene rings is 2. The predicted octanol–water partition coefficient (Wildman–Crippen LogP) is 5.12. The monoisotopic (exact) mass is 434 g/mol. The molecule has 0 fully saturated rings. The number of nitrogens with zero attached hydrogens (tertiary/aromatic N) is 1. The molecule has 0 aliphatic carbocycles. The highest BCUT2D eigenvalue weighted by atomic mass is 35.5. The van der Waals surface area contributed by atoms with Crippen LogP contribution in [0, 0.1) is 0 Å². The Labute approximate surface area is 163 Å². The first kappa shape index (κ1) is 19.8. The molecular formula is C17H11Cl2F3N2O2S. The zero-order chi connectivity index (χ0) is 20.0. The standard InChI is InChI=1S/C17H11Cl2F3N2O2S/c18-12-5-10(6-13(19)8-12)16-7-11(17(20,21)22)9-24(16)14-1-3-15(4-2-14)27(23,25)26/h1-9H,(H2,23,25,26). The van der Waals surface area contributed by atoms with E-state index in [9.17, 15) is 21.6 Å². The molecular weight excluding hydrogens is 424 g/mol. The van der Waals surface area contributed by atoms with Gasteiger partial charge in [0.2, 0.25) is 10.0 Å². The van der Waals surface area contributed by atoms with Crippen molar-refractivity contribution in [3.05, 3.63) is 70.3 Å². The maximum atomic E-state index is 13.2. The smallest absolute Gasteiger partial charge is 0.316 e. The summed E-state index contributed by atoms with van der Waals surface area (Å²) in [5.74, 6) is 0. The van der Waals surface area contributed by atoms with Gasteiger partial charge in [-0.2, -0.15) is 13.2 Å². The molecule has 0 aliphatic heterocycles. The summed E-state index contributed by atoms with van der Waals surface area (Å²) in [6, 6.07) is 10.5. The van der Waals surface area contributed by atoms with E-state index in [1.807, 2.05) is 0 Å². The minimum Gasteiger partial charge on any atom is -0.316 e. The van der Waals surface area contributed by atoms with E-state index in [4.69, 9.17) is 28.3 Å². The van der Waals surface area contributed by atoms with Crippen LogP contribution in [0.3, 0.4) is 0 Å². The van der Waals surface area contributed by atoms with Crippen molar-refractivity contribution in [3.8, 4) is 16.9 Å². The Hall–Kier alpha value is -2.00. The maximum Gasteiger partial charge on any atom is 0.417 e. The van der Waals surface area contributed by atoms with Gasteiger partial charge in [-0.05, 0) is 48.5 Å². The molecule has 0 bridgehead atoms. The summed E-state index contributed by atoms with van der Waals surface area (Å²) < 4.78 is 63.7. The number of rotatable bonds is 3. The molecule has 0 aliphatic rings. The third kappa shape index (κ3) is 4.30. The molecule has 2 N–H and O–H groups in total. The van der Waals surface area contributed by atoms with Crippen LogP contribution in [0.4, 0.5) is 13.2 Å². The van der Waals surface area contributed by atoms with Crippen molar-refractivity contribution in [1.29, 1.82) is 0 Å². The van der Waals surface area contributed by atoms with E-state index in [0.717, 1.165) is 12.3 Å². The second-order valence-corrected chi connectivity index (χ2v) is 8.11. The Balaban J connectivity index is 2.21. The summed E-state index contributed by atoms with van der Waals surface area (Å²) >= 11 is 11.9. The molecule has 0 saturated heterocycles. The lowest BCUT2D eigenvalue weighted by Gasteiger charge is -2.11. The van der Waals surface area contributed by atoms with Crippen molar-refractivity contribution in [1.82, 2.24) is 4.57 Å². The SMILES string of the molecule is NS(=O)(=O)c1ccc(-n2cc(C(F)(F)F)cc2-c2cc(Cl)cc(Cl)c2)cc1. The highest BCUT2D eigenvalue weighted by Gasteiger charge is 2.33. The van der Waals surface area contributed by atoms with Crippen LogP contribution in [0.15, 0.2) is 59.6 Å². The van der Waals surface area contributed by atoms with E-state index >= 15 is 0 Å². The normalized spacial score (nSPS) is 12.4. The number of aromatic nitrogens is 1. The summed E-state index contributed by atoms with van der Waals surface area (Å²) in [6.07, 6.45) is -3.65. The predicted molar refractivity (Wildman–Crippen MR) is 97.6 cm³/mol. The Morgan fingerprint density at radius 3 is 1.96 bits per heavy atom. The number of alkyl halides is 3. The molecule has 0 spiro atoms. The summed E-state index contributed by atoms with van der Waals surface area (Å²) in [7, 11) is -3.92. The first-order valence-corrected chi connectivity index (χ1v) is 9.65. The van der Waals surface area contributed by atoms with Gasteiger partial charge in [0, 0.05) is 27.5 Å². The first-order chi connectivity index (χ1) is 12.4. The highest BCUT2D eigenvalue weighted by Crippen LogP contribution is 2.37. The van der Waals surface area contributed by atoms with Gasteiger partial charge in [-0.25, -0.2) is 13.6 Å². The minimum atomic E-state index is -4.57. The molecule has 0 radical (unpaired) electrons. The number of halogens is 5. The Morgan fingerprint density at radius 1 is 0.926 bits per heavy atom. The van der Waals surface area contributed by atoms with Crippen LogP contribution >= 0.6 is 23.2 Å². The van der Waals surface area contributed by atoms with Gasteiger partial charge in [0.05, 0.1) is 16.2 Å². The molecule has 3 aromatic rings. The fourth-order valence-electron chi connectivity index (χ4n) is 2.55. The summed E-state index contributed by atoms with van der Waals surface area (Å²) in [4.78, 5) is -0.151. The number of primary sulfonamides is 1. The summed E-state index contributed by atoms with van der Waals surface area (Å²) in [6.45, 7) is 0. The largest absolute Gasteiger partial charge is 0.417 e. The number of sulfonamides is 1. The molecule has 4 nitrogen and oxygen atoms in total. The molecule has 0 atom stereocenters. The van der Waals surface area contributed by atoms with E-state index < -0.39 is 21.8 Å². The zero-order valence-corrected chi connectivity index (χ0v) is 15.7. The highest BCUT2D eigenvalue weighted by molar-refractivity contribution is 7.89. The van der Waals surface area contributed by atoms with Gasteiger partial charge in [-0.15, -0.1) is 0 Å². The number of nitrogens with two attached hydrogens (primary N) is 1. The molecule has 2 aromatic carbocycles. The lowest BCUT2D eigenvalue weighted by molar-refractivity contribution is -0.137. The van der Waals surface area contributed by atoms with Gasteiger partial charge in [0.1, 0.15) is 0 Å². The molecule has 0 unspecified atom stereocenters. The van der Waals surface area contributed by atoms with E-state index in [-0.39, 0.29) is 20.6 Å². The van der Waals surface area contributed by atoms with Crippen LogP contribution in [0.5, 0.6) is 0 Å². The van der Waals surface area contributed by atoms with Crippen molar-refractivity contribution in [3.63, 3.8) is 0 Å². The zero-order valence-electron chi connectivity index (χ0n) is 13.3.